The highest BCUT2D eigenvalue weighted by Crippen LogP contribution is 2.28. The Bertz CT molecular complexity index is 351. The summed E-state index contributed by atoms with van der Waals surface area (Å²) in [6.45, 7) is 0. The Kier molecular flexibility index (Phi) is 4.43. The van der Waals surface area contributed by atoms with Gasteiger partial charge in [0.25, 0.3) is 0 Å². The molecule has 0 amide bonds. The fourth-order valence-corrected chi connectivity index (χ4v) is 2.87. The molecule has 1 aliphatic carbocycles. The minimum absolute atomic E-state index is 0.400. The van der Waals surface area contributed by atoms with Crippen LogP contribution in [0.15, 0.2) is 24.3 Å². The Balaban J connectivity index is 2.03. The molecule has 2 unspecified atom stereocenters. The van der Waals surface area contributed by atoms with Gasteiger partial charge in [-0.2, -0.15) is 0 Å². The van der Waals surface area contributed by atoms with E-state index in [4.69, 9.17) is 10.5 Å². The van der Waals surface area contributed by atoms with E-state index in [1.807, 2.05) is 12.1 Å². The Labute approximate surface area is 104 Å². The second-order valence-electron chi connectivity index (χ2n) is 5.16. The van der Waals surface area contributed by atoms with Crippen LogP contribution in [0, 0.1) is 5.92 Å². The van der Waals surface area contributed by atoms with Crippen molar-refractivity contribution in [2.24, 2.45) is 11.7 Å². The first-order chi connectivity index (χ1) is 8.29. The van der Waals surface area contributed by atoms with E-state index in [0.717, 1.165) is 24.5 Å². The zero-order chi connectivity index (χ0) is 12.1. The maximum Gasteiger partial charge on any atom is 0.122 e. The summed E-state index contributed by atoms with van der Waals surface area (Å²) < 4.78 is 5.41. The molecule has 2 atom stereocenters. The lowest BCUT2D eigenvalue weighted by molar-refractivity contribution is 0.392. The summed E-state index contributed by atoms with van der Waals surface area (Å²) in [4.78, 5) is 0. The summed E-state index contributed by atoms with van der Waals surface area (Å²) in [5.74, 6) is 1.74. The first-order valence-corrected chi connectivity index (χ1v) is 6.67. The smallest absolute Gasteiger partial charge is 0.122 e. The van der Waals surface area contributed by atoms with E-state index in [1.165, 1.54) is 31.2 Å². The predicted octanol–water partition coefficient (Wildman–Crippen LogP) is 3.15. The van der Waals surface area contributed by atoms with Gasteiger partial charge in [-0.1, -0.05) is 37.5 Å². The van der Waals surface area contributed by atoms with Gasteiger partial charge in [-0.3, -0.25) is 0 Å². The number of hydrogen-bond donors (Lipinski definition) is 1. The highest BCUT2D eigenvalue weighted by molar-refractivity contribution is 5.33. The maximum absolute atomic E-state index is 6.12. The monoisotopic (exact) mass is 233 g/mol. The fourth-order valence-electron chi connectivity index (χ4n) is 2.87. The second-order valence-corrected chi connectivity index (χ2v) is 5.16. The van der Waals surface area contributed by atoms with Crippen molar-refractivity contribution in [1.29, 1.82) is 0 Å². The van der Waals surface area contributed by atoms with E-state index in [2.05, 4.69) is 12.1 Å². The van der Waals surface area contributed by atoms with Gasteiger partial charge in [0.05, 0.1) is 7.11 Å². The summed E-state index contributed by atoms with van der Waals surface area (Å²) in [6, 6.07) is 8.74. The fraction of sp³-hybridized carbons (Fsp3) is 0.600. The molecule has 2 heteroatoms. The number of ether oxygens (including phenoxy) is 1. The van der Waals surface area contributed by atoms with Gasteiger partial charge in [-0.05, 0) is 36.8 Å². The molecule has 1 aromatic carbocycles. The van der Waals surface area contributed by atoms with E-state index in [9.17, 15) is 0 Å². The van der Waals surface area contributed by atoms with Gasteiger partial charge < -0.3 is 10.5 Å². The van der Waals surface area contributed by atoms with Crippen LogP contribution < -0.4 is 10.5 Å². The summed E-state index contributed by atoms with van der Waals surface area (Å²) in [7, 11) is 1.75. The zero-order valence-corrected chi connectivity index (χ0v) is 10.7. The minimum atomic E-state index is 0.400. The summed E-state index contributed by atoms with van der Waals surface area (Å²) in [5.41, 5.74) is 7.45. The van der Waals surface area contributed by atoms with Gasteiger partial charge in [0, 0.05) is 6.04 Å². The predicted molar refractivity (Wildman–Crippen MR) is 71.2 cm³/mol. The van der Waals surface area contributed by atoms with Gasteiger partial charge in [0.1, 0.15) is 5.75 Å². The van der Waals surface area contributed by atoms with Crippen LogP contribution in [0.1, 0.15) is 37.7 Å². The van der Waals surface area contributed by atoms with Gasteiger partial charge >= 0.3 is 0 Å². The van der Waals surface area contributed by atoms with E-state index in [-0.39, 0.29) is 0 Å². The Morgan fingerprint density at radius 1 is 1.24 bits per heavy atom. The highest BCUT2D eigenvalue weighted by Gasteiger charge is 2.18. The molecule has 1 aliphatic rings. The van der Waals surface area contributed by atoms with Crippen LogP contribution >= 0.6 is 0 Å². The van der Waals surface area contributed by atoms with Crippen molar-refractivity contribution in [2.45, 2.75) is 44.6 Å². The van der Waals surface area contributed by atoms with E-state index < -0.39 is 0 Å². The third kappa shape index (κ3) is 3.47. The summed E-state index contributed by atoms with van der Waals surface area (Å²) in [6.07, 6.45) is 7.40. The molecule has 0 spiro atoms. The highest BCUT2D eigenvalue weighted by atomic mass is 16.5. The largest absolute Gasteiger partial charge is 0.496 e. The first-order valence-electron chi connectivity index (χ1n) is 6.67. The third-order valence-corrected chi connectivity index (χ3v) is 3.77. The first kappa shape index (κ1) is 12.4. The molecule has 1 saturated carbocycles. The second kappa shape index (κ2) is 6.06. The lowest BCUT2D eigenvalue weighted by atomic mass is 9.91. The number of methoxy groups -OCH3 is 1. The maximum atomic E-state index is 6.12. The van der Waals surface area contributed by atoms with Gasteiger partial charge in [-0.25, -0.2) is 0 Å². The lowest BCUT2D eigenvalue weighted by Crippen LogP contribution is -2.22. The molecular formula is C15H23NO. The van der Waals surface area contributed by atoms with Gasteiger partial charge in [0.15, 0.2) is 0 Å². The van der Waals surface area contributed by atoms with E-state index in [1.54, 1.807) is 7.11 Å². The standard InChI is InChI=1S/C15H23NO/c1-17-15-9-5-3-7-13(15)10-12-6-2-4-8-14(16)11-12/h3,5,7,9,12,14H,2,4,6,8,10-11,16H2,1H3. The molecule has 0 bridgehead atoms. The van der Waals surface area contributed by atoms with Crippen LogP contribution in [0.25, 0.3) is 0 Å². The Hall–Kier alpha value is -1.02. The SMILES string of the molecule is COc1ccccc1CC1CCCCC(N)C1. The van der Waals surface area contributed by atoms with Crippen molar-refractivity contribution in [3.8, 4) is 5.75 Å². The van der Waals surface area contributed by atoms with Crippen molar-refractivity contribution in [3.63, 3.8) is 0 Å². The Morgan fingerprint density at radius 3 is 2.82 bits per heavy atom. The molecule has 0 saturated heterocycles. The molecule has 2 rings (SSSR count). The van der Waals surface area contributed by atoms with Crippen LogP contribution in [-0.2, 0) is 6.42 Å². The molecule has 0 aromatic heterocycles. The van der Waals surface area contributed by atoms with Crippen molar-refractivity contribution in [2.75, 3.05) is 7.11 Å². The number of benzene rings is 1. The normalized spacial score (nSPS) is 25.3. The van der Waals surface area contributed by atoms with Crippen molar-refractivity contribution < 1.29 is 4.74 Å². The van der Waals surface area contributed by atoms with Crippen LogP contribution in [-0.4, -0.2) is 13.2 Å². The molecule has 2 nitrogen and oxygen atoms in total. The number of para-hydroxylation sites is 1. The molecular weight excluding hydrogens is 210 g/mol. The summed E-state index contributed by atoms with van der Waals surface area (Å²) in [5, 5.41) is 0. The van der Waals surface area contributed by atoms with Crippen LogP contribution in [0.4, 0.5) is 0 Å². The lowest BCUT2D eigenvalue weighted by Gasteiger charge is -2.18. The van der Waals surface area contributed by atoms with Gasteiger partial charge in [0.2, 0.25) is 0 Å². The average Bonchev–Trinajstić information content (AvgIpc) is 2.54. The molecule has 17 heavy (non-hydrogen) atoms. The topological polar surface area (TPSA) is 35.2 Å². The van der Waals surface area contributed by atoms with Crippen LogP contribution in [0.5, 0.6) is 5.75 Å². The van der Waals surface area contributed by atoms with Crippen LogP contribution in [0.3, 0.4) is 0 Å². The molecule has 0 aliphatic heterocycles. The average molecular weight is 233 g/mol. The van der Waals surface area contributed by atoms with Gasteiger partial charge in [-0.15, -0.1) is 0 Å². The number of hydrogen-bond acceptors (Lipinski definition) is 2. The molecule has 1 aromatic rings. The number of nitrogens with two attached hydrogens (primary N) is 1. The third-order valence-electron chi connectivity index (χ3n) is 3.77. The quantitative estimate of drug-likeness (QED) is 0.814. The molecule has 2 N–H and O–H groups in total. The molecule has 0 heterocycles. The zero-order valence-electron chi connectivity index (χ0n) is 10.7. The Morgan fingerprint density at radius 2 is 2.00 bits per heavy atom. The van der Waals surface area contributed by atoms with E-state index in [0.29, 0.717) is 6.04 Å². The van der Waals surface area contributed by atoms with Crippen molar-refractivity contribution in [1.82, 2.24) is 0 Å². The number of rotatable bonds is 3. The molecule has 94 valence electrons. The molecule has 0 radical (unpaired) electrons. The van der Waals surface area contributed by atoms with E-state index >= 15 is 0 Å². The van der Waals surface area contributed by atoms with Crippen molar-refractivity contribution in [3.05, 3.63) is 29.8 Å². The molecule has 1 fully saturated rings. The van der Waals surface area contributed by atoms with Crippen molar-refractivity contribution >= 4 is 0 Å². The van der Waals surface area contributed by atoms with Crippen LogP contribution in [0.2, 0.25) is 0 Å². The summed E-state index contributed by atoms with van der Waals surface area (Å²) >= 11 is 0. The minimum Gasteiger partial charge on any atom is -0.496 e.